The molecule has 19 heavy (non-hydrogen) atoms. The number of nitrogens with two attached hydrogens (primary N) is 1. The molecule has 0 saturated heterocycles. The molecule has 0 spiro atoms. The van der Waals surface area contributed by atoms with E-state index in [1.165, 1.54) is 6.07 Å². The smallest absolute Gasteiger partial charge is 0.152 e. The number of hydrogen-bond donors (Lipinski definition) is 1. The van der Waals surface area contributed by atoms with Gasteiger partial charge in [0.25, 0.3) is 0 Å². The van der Waals surface area contributed by atoms with Gasteiger partial charge in [-0.2, -0.15) is 0 Å². The fourth-order valence-corrected chi connectivity index (χ4v) is 2.16. The predicted octanol–water partition coefficient (Wildman–Crippen LogP) is 3.10. The van der Waals surface area contributed by atoms with Crippen LogP contribution in [0, 0.1) is 11.6 Å². The van der Waals surface area contributed by atoms with Crippen molar-refractivity contribution in [1.82, 2.24) is 9.55 Å². The van der Waals surface area contributed by atoms with E-state index in [0.717, 1.165) is 11.6 Å². The molecule has 1 aromatic heterocycles. The Morgan fingerprint density at radius 3 is 2.47 bits per heavy atom. The molecule has 0 amide bonds. The highest BCUT2D eigenvalue weighted by Crippen LogP contribution is 2.26. The van der Waals surface area contributed by atoms with Crippen molar-refractivity contribution in [2.45, 2.75) is 0 Å². The van der Waals surface area contributed by atoms with Crippen LogP contribution in [0.4, 0.5) is 14.5 Å². The van der Waals surface area contributed by atoms with E-state index in [-0.39, 0.29) is 5.52 Å². The van der Waals surface area contributed by atoms with Crippen LogP contribution in [0.25, 0.3) is 22.4 Å². The minimum absolute atomic E-state index is 0.285. The van der Waals surface area contributed by atoms with Gasteiger partial charge >= 0.3 is 0 Å². The van der Waals surface area contributed by atoms with Crippen molar-refractivity contribution < 1.29 is 8.78 Å². The average molecular weight is 259 g/mol. The monoisotopic (exact) mass is 259 g/mol. The molecule has 0 fully saturated rings. The first-order chi connectivity index (χ1) is 9.06. The molecule has 0 aliphatic heterocycles. The first-order valence-corrected chi connectivity index (χ1v) is 5.73. The van der Waals surface area contributed by atoms with Gasteiger partial charge in [0.05, 0.1) is 5.52 Å². The largest absolute Gasteiger partial charge is 0.399 e. The zero-order chi connectivity index (χ0) is 13.6. The molecule has 96 valence electrons. The normalized spacial score (nSPS) is 11.1. The Labute approximate surface area is 108 Å². The van der Waals surface area contributed by atoms with Gasteiger partial charge in [0.2, 0.25) is 0 Å². The Morgan fingerprint density at radius 1 is 1.11 bits per heavy atom. The van der Waals surface area contributed by atoms with E-state index in [9.17, 15) is 8.78 Å². The standard InChI is InChI=1S/C14H11F2N3/c1-19-13-11(16)6-9(15)7-12(13)18-14(19)8-2-4-10(17)5-3-8/h2-7H,17H2,1H3. The third-order valence-electron chi connectivity index (χ3n) is 3.06. The zero-order valence-electron chi connectivity index (χ0n) is 10.2. The Bertz CT molecular complexity index is 760. The summed E-state index contributed by atoms with van der Waals surface area (Å²) in [4.78, 5) is 4.28. The molecule has 5 heteroatoms. The first-order valence-electron chi connectivity index (χ1n) is 5.73. The molecule has 0 unspecified atom stereocenters. The molecule has 0 aliphatic carbocycles. The summed E-state index contributed by atoms with van der Waals surface area (Å²) >= 11 is 0. The summed E-state index contributed by atoms with van der Waals surface area (Å²) in [6.07, 6.45) is 0. The van der Waals surface area contributed by atoms with Gasteiger partial charge in [-0.1, -0.05) is 0 Å². The summed E-state index contributed by atoms with van der Waals surface area (Å²) in [5.41, 5.74) is 7.65. The molecular weight excluding hydrogens is 248 g/mol. The van der Waals surface area contributed by atoms with E-state index in [1.807, 2.05) is 0 Å². The third kappa shape index (κ3) is 1.83. The van der Waals surface area contributed by atoms with Crippen molar-refractivity contribution in [2.75, 3.05) is 5.73 Å². The maximum absolute atomic E-state index is 13.8. The van der Waals surface area contributed by atoms with Gasteiger partial charge in [-0.3, -0.25) is 0 Å². The zero-order valence-corrected chi connectivity index (χ0v) is 10.2. The summed E-state index contributed by atoms with van der Waals surface area (Å²) in [7, 11) is 1.70. The lowest BCUT2D eigenvalue weighted by Gasteiger charge is -2.03. The number of nitrogen functional groups attached to an aromatic ring is 1. The molecule has 0 aliphatic rings. The molecule has 1 heterocycles. The molecule has 0 atom stereocenters. The van der Waals surface area contributed by atoms with Crippen molar-refractivity contribution in [3.63, 3.8) is 0 Å². The van der Waals surface area contributed by atoms with Crippen LogP contribution in [0.15, 0.2) is 36.4 Å². The number of halogens is 2. The number of hydrogen-bond acceptors (Lipinski definition) is 2. The number of aryl methyl sites for hydroxylation is 1. The maximum atomic E-state index is 13.8. The molecule has 3 nitrogen and oxygen atoms in total. The first kappa shape index (κ1) is 11.6. The topological polar surface area (TPSA) is 43.8 Å². The predicted molar refractivity (Wildman–Crippen MR) is 70.5 cm³/mol. The number of fused-ring (bicyclic) bond motifs is 1. The van der Waals surface area contributed by atoms with E-state index in [1.54, 1.807) is 35.9 Å². The van der Waals surface area contributed by atoms with E-state index in [2.05, 4.69) is 4.98 Å². The molecule has 2 N–H and O–H groups in total. The quantitative estimate of drug-likeness (QED) is 0.682. The molecule has 0 radical (unpaired) electrons. The third-order valence-corrected chi connectivity index (χ3v) is 3.06. The van der Waals surface area contributed by atoms with Gasteiger partial charge < -0.3 is 10.3 Å². The highest BCUT2D eigenvalue weighted by atomic mass is 19.1. The van der Waals surface area contributed by atoms with Gasteiger partial charge in [0, 0.05) is 30.4 Å². The lowest BCUT2D eigenvalue weighted by molar-refractivity contribution is 0.588. The maximum Gasteiger partial charge on any atom is 0.152 e. The summed E-state index contributed by atoms with van der Waals surface area (Å²) in [5.74, 6) is -0.682. The summed E-state index contributed by atoms with van der Waals surface area (Å²) in [6.45, 7) is 0. The summed E-state index contributed by atoms with van der Waals surface area (Å²) in [5, 5.41) is 0. The van der Waals surface area contributed by atoms with E-state index >= 15 is 0 Å². The van der Waals surface area contributed by atoms with E-state index in [4.69, 9.17) is 5.73 Å². The molecule has 3 rings (SSSR count). The SMILES string of the molecule is Cn1c(-c2ccc(N)cc2)nc2cc(F)cc(F)c21. The van der Waals surface area contributed by atoms with Crippen LogP contribution in [0.3, 0.4) is 0 Å². The summed E-state index contributed by atoms with van der Waals surface area (Å²) in [6, 6.07) is 9.16. The Hall–Kier alpha value is -2.43. The lowest BCUT2D eigenvalue weighted by Crippen LogP contribution is -1.94. The lowest BCUT2D eigenvalue weighted by atomic mass is 10.2. The average Bonchev–Trinajstić information content (AvgIpc) is 2.67. The van der Waals surface area contributed by atoms with Crippen LogP contribution < -0.4 is 5.73 Å². The van der Waals surface area contributed by atoms with Gasteiger partial charge in [-0.15, -0.1) is 0 Å². The molecular formula is C14H11F2N3. The highest BCUT2D eigenvalue weighted by molar-refractivity contribution is 5.81. The van der Waals surface area contributed by atoms with Gasteiger partial charge in [0.15, 0.2) is 5.82 Å². The van der Waals surface area contributed by atoms with Crippen molar-refractivity contribution in [2.24, 2.45) is 7.05 Å². The van der Waals surface area contributed by atoms with Gasteiger partial charge in [0.1, 0.15) is 17.2 Å². The molecule has 2 aromatic carbocycles. The van der Waals surface area contributed by atoms with E-state index in [0.29, 0.717) is 17.0 Å². The number of anilines is 1. The van der Waals surface area contributed by atoms with Crippen LogP contribution in [0.1, 0.15) is 0 Å². The minimum atomic E-state index is -0.632. The van der Waals surface area contributed by atoms with E-state index < -0.39 is 11.6 Å². The number of aromatic nitrogens is 2. The number of rotatable bonds is 1. The highest BCUT2D eigenvalue weighted by Gasteiger charge is 2.14. The van der Waals surface area contributed by atoms with Crippen LogP contribution in [0.2, 0.25) is 0 Å². The van der Waals surface area contributed by atoms with Crippen LogP contribution in [-0.2, 0) is 7.05 Å². The van der Waals surface area contributed by atoms with Gasteiger partial charge in [-0.05, 0) is 24.3 Å². The second-order valence-electron chi connectivity index (χ2n) is 4.37. The second-order valence-corrected chi connectivity index (χ2v) is 4.37. The van der Waals surface area contributed by atoms with Crippen LogP contribution in [0.5, 0.6) is 0 Å². The van der Waals surface area contributed by atoms with Gasteiger partial charge in [-0.25, -0.2) is 13.8 Å². The second kappa shape index (κ2) is 4.05. The number of imidazole rings is 1. The van der Waals surface area contributed by atoms with Crippen LogP contribution in [-0.4, -0.2) is 9.55 Å². The minimum Gasteiger partial charge on any atom is -0.399 e. The molecule has 3 aromatic rings. The molecule has 0 saturated carbocycles. The van der Waals surface area contributed by atoms with Crippen molar-refractivity contribution in [1.29, 1.82) is 0 Å². The number of nitrogens with zero attached hydrogens (tertiary/aromatic N) is 2. The van der Waals surface area contributed by atoms with Crippen molar-refractivity contribution in [3.8, 4) is 11.4 Å². The fraction of sp³-hybridized carbons (Fsp3) is 0.0714. The number of benzene rings is 2. The molecule has 0 bridgehead atoms. The Balaban J connectivity index is 2.28. The van der Waals surface area contributed by atoms with Crippen molar-refractivity contribution >= 4 is 16.7 Å². The Kier molecular flexibility index (Phi) is 2.48. The van der Waals surface area contributed by atoms with Crippen LogP contribution >= 0.6 is 0 Å². The summed E-state index contributed by atoms with van der Waals surface area (Å²) < 4.78 is 28.6. The fourth-order valence-electron chi connectivity index (χ4n) is 2.16. The van der Waals surface area contributed by atoms with Crippen molar-refractivity contribution in [3.05, 3.63) is 48.0 Å². The Morgan fingerprint density at radius 2 is 1.79 bits per heavy atom.